The van der Waals surface area contributed by atoms with Crippen molar-refractivity contribution in [1.82, 2.24) is 4.72 Å². The molecule has 0 aromatic heterocycles. The van der Waals surface area contributed by atoms with Crippen molar-refractivity contribution in [2.24, 2.45) is 5.92 Å². The van der Waals surface area contributed by atoms with E-state index in [1.807, 2.05) is 0 Å². The van der Waals surface area contributed by atoms with Crippen molar-refractivity contribution < 1.29 is 13.2 Å². The Bertz CT molecular complexity index is 621. The maximum atomic E-state index is 12.1. The first-order valence-corrected chi connectivity index (χ1v) is 7.95. The number of anilines is 1. The molecule has 1 saturated carbocycles. The summed E-state index contributed by atoms with van der Waals surface area (Å²) in [4.78, 5) is 11.5. The van der Waals surface area contributed by atoms with Gasteiger partial charge in [-0.1, -0.05) is 0 Å². The van der Waals surface area contributed by atoms with Gasteiger partial charge in [-0.05, 0) is 48.9 Å². The zero-order valence-corrected chi connectivity index (χ0v) is 11.3. The van der Waals surface area contributed by atoms with Gasteiger partial charge in [0.2, 0.25) is 15.9 Å². The van der Waals surface area contributed by atoms with E-state index in [4.69, 9.17) is 0 Å². The maximum absolute atomic E-state index is 12.1. The average Bonchev–Trinajstić information content (AvgIpc) is 3.20. The minimum Gasteiger partial charge on any atom is -0.326 e. The zero-order valence-electron chi connectivity index (χ0n) is 10.5. The number of nitrogens with one attached hydrogen (secondary N) is 2. The molecular formula is C13H16N2O3S. The summed E-state index contributed by atoms with van der Waals surface area (Å²) >= 11 is 0. The van der Waals surface area contributed by atoms with Gasteiger partial charge in [0.1, 0.15) is 0 Å². The molecule has 0 saturated heterocycles. The zero-order chi connectivity index (χ0) is 13.5. The standard InChI is InChI=1S/C13H16N2O3S/c16-13-6-3-10-7-11(4-5-12(10)15-13)19(17,18)14-8-9-1-2-9/h4-5,7,9,14H,1-3,6,8H2,(H,15,16). The van der Waals surface area contributed by atoms with Gasteiger partial charge in [0, 0.05) is 18.7 Å². The largest absolute Gasteiger partial charge is 0.326 e. The summed E-state index contributed by atoms with van der Waals surface area (Å²) in [6, 6.07) is 4.86. The van der Waals surface area contributed by atoms with Gasteiger partial charge >= 0.3 is 0 Å². The number of aryl methyl sites for hydroxylation is 1. The Morgan fingerprint density at radius 3 is 2.79 bits per heavy atom. The number of hydrogen-bond donors (Lipinski definition) is 2. The first-order chi connectivity index (χ1) is 9.04. The van der Waals surface area contributed by atoms with E-state index in [0.29, 0.717) is 25.3 Å². The molecule has 1 heterocycles. The predicted molar refractivity (Wildman–Crippen MR) is 71.3 cm³/mol. The number of benzene rings is 1. The number of hydrogen-bond acceptors (Lipinski definition) is 3. The number of sulfonamides is 1. The molecule has 0 bridgehead atoms. The molecule has 6 heteroatoms. The molecule has 2 aliphatic rings. The fourth-order valence-electron chi connectivity index (χ4n) is 2.16. The first-order valence-electron chi connectivity index (χ1n) is 6.47. The summed E-state index contributed by atoms with van der Waals surface area (Å²) in [5, 5.41) is 2.74. The number of fused-ring (bicyclic) bond motifs is 1. The van der Waals surface area contributed by atoms with E-state index in [-0.39, 0.29) is 10.8 Å². The lowest BCUT2D eigenvalue weighted by Gasteiger charge is -2.17. The fraction of sp³-hybridized carbons (Fsp3) is 0.462. The van der Waals surface area contributed by atoms with E-state index >= 15 is 0 Å². The number of carbonyl (C=O) groups is 1. The lowest BCUT2D eigenvalue weighted by atomic mass is 10.0. The van der Waals surface area contributed by atoms with Gasteiger partial charge in [0.05, 0.1) is 4.90 Å². The van der Waals surface area contributed by atoms with Gasteiger partial charge < -0.3 is 5.32 Å². The van der Waals surface area contributed by atoms with Gasteiger partial charge in [-0.25, -0.2) is 13.1 Å². The highest BCUT2D eigenvalue weighted by Crippen LogP contribution is 2.29. The Hall–Kier alpha value is -1.40. The highest BCUT2D eigenvalue weighted by atomic mass is 32.2. The van der Waals surface area contributed by atoms with Crippen LogP contribution in [0.3, 0.4) is 0 Å². The van der Waals surface area contributed by atoms with Crippen LogP contribution >= 0.6 is 0 Å². The van der Waals surface area contributed by atoms with Gasteiger partial charge in [-0.15, -0.1) is 0 Å². The van der Waals surface area contributed by atoms with Gasteiger partial charge in [0.25, 0.3) is 0 Å². The second kappa shape index (κ2) is 4.61. The lowest BCUT2D eigenvalue weighted by Crippen LogP contribution is -2.26. The molecule has 102 valence electrons. The van der Waals surface area contributed by atoms with Gasteiger partial charge in [-0.3, -0.25) is 4.79 Å². The minimum atomic E-state index is -3.43. The summed E-state index contributed by atoms with van der Waals surface area (Å²) in [6.07, 6.45) is 3.22. The van der Waals surface area contributed by atoms with Crippen LogP contribution in [0.1, 0.15) is 24.8 Å². The molecular weight excluding hydrogens is 264 g/mol. The Labute approximate surface area is 112 Å². The third-order valence-electron chi connectivity index (χ3n) is 3.54. The van der Waals surface area contributed by atoms with Gasteiger partial charge in [-0.2, -0.15) is 0 Å². The van der Waals surface area contributed by atoms with Crippen LogP contribution in [0.4, 0.5) is 5.69 Å². The second-order valence-electron chi connectivity index (χ2n) is 5.16. The summed E-state index contributed by atoms with van der Waals surface area (Å²) < 4.78 is 26.9. The van der Waals surface area contributed by atoms with Crippen LogP contribution < -0.4 is 10.0 Å². The molecule has 3 rings (SSSR count). The van der Waals surface area contributed by atoms with Crippen molar-refractivity contribution in [3.8, 4) is 0 Å². The van der Waals surface area contributed by atoms with E-state index in [0.717, 1.165) is 24.1 Å². The lowest BCUT2D eigenvalue weighted by molar-refractivity contribution is -0.116. The van der Waals surface area contributed by atoms with E-state index in [1.165, 1.54) is 0 Å². The third kappa shape index (κ3) is 2.79. The van der Waals surface area contributed by atoms with Crippen molar-refractivity contribution >= 4 is 21.6 Å². The SMILES string of the molecule is O=C1CCc2cc(S(=O)(=O)NCC3CC3)ccc2N1. The second-order valence-corrected chi connectivity index (χ2v) is 6.93. The van der Waals surface area contributed by atoms with Crippen molar-refractivity contribution in [2.45, 2.75) is 30.6 Å². The van der Waals surface area contributed by atoms with Crippen LogP contribution in [0.5, 0.6) is 0 Å². The van der Waals surface area contributed by atoms with E-state index in [9.17, 15) is 13.2 Å². The normalized spacial score (nSPS) is 18.8. The number of amides is 1. The van der Waals surface area contributed by atoms with Crippen molar-refractivity contribution in [3.63, 3.8) is 0 Å². The molecule has 1 aromatic carbocycles. The Morgan fingerprint density at radius 1 is 1.26 bits per heavy atom. The molecule has 1 amide bonds. The smallest absolute Gasteiger partial charge is 0.240 e. The van der Waals surface area contributed by atoms with Crippen molar-refractivity contribution in [1.29, 1.82) is 0 Å². The Morgan fingerprint density at radius 2 is 2.05 bits per heavy atom. The van der Waals surface area contributed by atoms with Crippen LogP contribution in [-0.4, -0.2) is 20.9 Å². The van der Waals surface area contributed by atoms with Gasteiger partial charge in [0.15, 0.2) is 0 Å². The first kappa shape index (κ1) is 12.6. The highest BCUT2D eigenvalue weighted by molar-refractivity contribution is 7.89. The Balaban J connectivity index is 1.82. The molecule has 1 aliphatic heterocycles. The quantitative estimate of drug-likeness (QED) is 0.872. The third-order valence-corrected chi connectivity index (χ3v) is 4.96. The van der Waals surface area contributed by atoms with Crippen LogP contribution in [0.15, 0.2) is 23.1 Å². The van der Waals surface area contributed by atoms with E-state index < -0.39 is 10.0 Å². The van der Waals surface area contributed by atoms with Crippen LogP contribution in [-0.2, 0) is 21.2 Å². The highest BCUT2D eigenvalue weighted by Gasteiger charge is 2.25. The molecule has 1 aliphatic carbocycles. The van der Waals surface area contributed by atoms with E-state index in [1.54, 1.807) is 18.2 Å². The molecule has 0 spiro atoms. The fourth-order valence-corrected chi connectivity index (χ4v) is 3.33. The topological polar surface area (TPSA) is 75.3 Å². The minimum absolute atomic E-state index is 0.0186. The number of carbonyl (C=O) groups excluding carboxylic acids is 1. The van der Waals surface area contributed by atoms with Crippen LogP contribution in [0, 0.1) is 5.92 Å². The summed E-state index contributed by atoms with van der Waals surface area (Å²) in [7, 11) is -3.43. The van der Waals surface area contributed by atoms with Crippen LogP contribution in [0.2, 0.25) is 0 Å². The summed E-state index contributed by atoms with van der Waals surface area (Å²) in [5.41, 5.74) is 1.60. The van der Waals surface area contributed by atoms with Crippen LogP contribution in [0.25, 0.3) is 0 Å². The maximum Gasteiger partial charge on any atom is 0.240 e. The predicted octanol–water partition coefficient (Wildman–Crippen LogP) is 1.26. The summed E-state index contributed by atoms with van der Waals surface area (Å²) in [5.74, 6) is 0.488. The molecule has 5 nitrogen and oxygen atoms in total. The van der Waals surface area contributed by atoms with E-state index in [2.05, 4.69) is 10.0 Å². The number of rotatable bonds is 4. The molecule has 2 N–H and O–H groups in total. The van der Waals surface area contributed by atoms with Crippen molar-refractivity contribution in [3.05, 3.63) is 23.8 Å². The molecule has 1 fully saturated rings. The Kier molecular flexibility index (Phi) is 3.06. The monoisotopic (exact) mass is 280 g/mol. The average molecular weight is 280 g/mol. The van der Waals surface area contributed by atoms with Crippen molar-refractivity contribution in [2.75, 3.05) is 11.9 Å². The molecule has 0 radical (unpaired) electrons. The molecule has 1 aromatic rings. The summed E-state index contributed by atoms with van der Waals surface area (Å²) in [6.45, 7) is 0.524. The molecule has 19 heavy (non-hydrogen) atoms. The molecule has 0 atom stereocenters. The molecule has 0 unspecified atom stereocenters.